The molecule has 4 nitrogen and oxygen atoms in total. The zero-order valence-electron chi connectivity index (χ0n) is 9.93. The molecule has 0 spiro atoms. The molecule has 0 radical (unpaired) electrons. The highest BCUT2D eigenvalue weighted by Crippen LogP contribution is 2.10. The fourth-order valence-electron chi connectivity index (χ4n) is 1.60. The van der Waals surface area contributed by atoms with Crippen molar-refractivity contribution in [3.05, 3.63) is 0 Å². The van der Waals surface area contributed by atoms with Crippen LogP contribution in [0.3, 0.4) is 0 Å². The zero-order chi connectivity index (χ0) is 11.3. The van der Waals surface area contributed by atoms with Gasteiger partial charge < -0.3 is 15.4 Å². The van der Waals surface area contributed by atoms with Gasteiger partial charge in [0.2, 0.25) is 5.91 Å². The molecule has 15 heavy (non-hydrogen) atoms. The van der Waals surface area contributed by atoms with E-state index in [9.17, 15) is 4.79 Å². The molecule has 1 aliphatic rings. The lowest BCUT2D eigenvalue weighted by atomic mass is 10.1. The van der Waals surface area contributed by atoms with Gasteiger partial charge in [0, 0.05) is 18.7 Å². The van der Waals surface area contributed by atoms with Crippen molar-refractivity contribution in [2.45, 2.75) is 32.7 Å². The summed E-state index contributed by atoms with van der Waals surface area (Å²) in [5, 5.41) is 6.07. The van der Waals surface area contributed by atoms with Crippen molar-refractivity contribution >= 4 is 5.91 Å². The van der Waals surface area contributed by atoms with Crippen LogP contribution in [0.2, 0.25) is 0 Å². The van der Waals surface area contributed by atoms with Gasteiger partial charge in [-0.05, 0) is 33.1 Å². The molecule has 1 aliphatic heterocycles. The molecule has 1 atom stereocenters. The number of ether oxygens (including phenoxy) is 1. The Kier molecular flexibility index (Phi) is 4.54. The monoisotopic (exact) mass is 214 g/mol. The fraction of sp³-hybridized carbons (Fsp3) is 0.909. The van der Waals surface area contributed by atoms with Crippen molar-refractivity contribution in [1.82, 2.24) is 10.6 Å². The Morgan fingerprint density at radius 2 is 2.20 bits per heavy atom. The van der Waals surface area contributed by atoms with Crippen LogP contribution >= 0.6 is 0 Å². The van der Waals surface area contributed by atoms with Crippen molar-refractivity contribution < 1.29 is 9.53 Å². The van der Waals surface area contributed by atoms with E-state index >= 15 is 0 Å². The van der Waals surface area contributed by atoms with Crippen LogP contribution in [0.4, 0.5) is 0 Å². The van der Waals surface area contributed by atoms with Gasteiger partial charge in [-0.1, -0.05) is 0 Å². The molecule has 0 aromatic carbocycles. The summed E-state index contributed by atoms with van der Waals surface area (Å²) in [5.74, 6) is 0.633. The summed E-state index contributed by atoms with van der Waals surface area (Å²) in [6.07, 6.45) is 1.11. The van der Waals surface area contributed by atoms with Crippen LogP contribution in [-0.2, 0) is 9.53 Å². The standard InChI is InChI=1S/C11H22N2O2/c1-11(2,3)13-10(14)7-12-6-9-4-5-15-8-9/h9,12H,4-8H2,1-3H3,(H,13,14). The average Bonchev–Trinajstić information content (AvgIpc) is 2.53. The molecule has 1 unspecified atom stereocenters. The third-order valence-corrected chi connectivity index (χ3v) is 2.26. The SMILES string of the molecule is CC(C)(C)NC(=O)CNCC1CCOC1. The Balaban J connectivity index is 2.06. The summed E-state index contributed by atoms with van der Waals surface area (Å²) < 4.78 is 5.25. The second-order valence-corrected chi connectivity index (χ2v) is 5.16. The fourth-order valence-corrected chi connectivity index (χ4v) is 1.60. The Labute approximate surface area is 91.8 Å². The summed E-state index contributed by atoms with van der Waals surface area (Å²) >= 11 is 0. The number of hydrogen-bond donors (Lipinski definition) is 2. The Morgan fingerprint density at radius 1 is 1.47 bits per heavy atom. The molecule has 0 aliphatic carbocycles. The van der Waals surface area contributed by atoms with Crippen LogP contribution < -0.4 is 10.6 Å². The topological polar surface area (TPSA) is 50.4 Å². The maximum absolute atomic E-state index is 11.4. The largest absolute Gasteiger partial charge is 0.381 e. The second kappa shape index (κ2) is 5.47. The van der Waals surface area contributed by atoms with Crippen molar-refractivity contribution in [3.8, 4) is 0 Å². The van der Waals surface area contributed by atoms with E-state index in [1.807, 2.05) is 20.8 Å². The van der Waals surface area contributed by atoms with Gasteiger partial charge in [0.1, 0.15) is 0 Å². The minimum absolute atomic E-state index is 0.0569. The minimum Gasteiger partial charge on any atom is -0.381 e. The van der Waals surface area contributed by atoms with E-state index in [2.05, 4.69) is 10.6 Å². The first kappa shape index (κ1) is 12.5. The smallest absolute Gasteiger partial charge is 0.234 e. The van der Waals surface area contributed by atoms with Gasteiger partial charge in [0.15, 0.2) is 0 Å². The predicted octanol–water partition coefficient (Wildman–Crippen LogP) is 0.527. The normalized spacial score (nSPS) is 21.7. The average molecular weight is 214 g/mol. The van der Waals surface area contributed by atoms with Gasteiger partial charge in [-0.25, -0.2) is 0 Å². The van der Waals surface area contributed by atoms with Gasteiger partial charge in [-0.15, -0.1) is 0 Å². The highest BCUT2D eigenvalue weighted by molar-refractivity contribution is 5.78. The molecule has 1 heterocycles. The van der Waals surface area contributed by atoms with Crippen molar-refractivity contribution in [1.29, 1.82) is 0 Å². The van der Waals surface area contributed by atoms with Gasteiger partial charge in [0.25, 0.3) is 0 Å². The number of nitrogens with one attached hydrogen (secondary N) is 2. The third kappa shape index (κ3) is 5.74. The van der Waals surface area contributed by atoms with Crippen LogP contribution in [0, 0.1) is 5.92 Å². The number of hydrogen-bond acceptors (Lipinski definition) is 3. The van der Waals surface area contributed by atoms with Gasteiger partial charge >= 0.3 is 0 Å². The molecule has 88 valence electrons. The van der Waals surface area contributed by atoms with Gasteiger partial charge in [0.05, 0.1) is 13.2 Å². The zero-order valence-corrected chi connectivity index (χ0v) is 9.93. The van der Waals surface area contributed by atoms with Crippen LogP contribution in [0.1, 0.15) is 27.2 Å². The summed E-state index contributed by atoms with van der Waals surface area (Å²) in [7, 11) is 0. The van der Waals surface area contributed by atoms with Crippen LogP contribution in [-0.4, -0.2) is 37.7 Å². The molecule has 0 aromatic rings. The number of rotatable bonds is 4. The first-order valence-electron chi connectivity index (χ1n) is 5.57. The van der Waals surface area contributed by atoms with E-state index in [1.54, 1.807) is 0 Å². The van der Waals surface area contributed by atoms with Crippen LogP contribution in [0.15, 0.2) is 0 Å². The van der Waals surface area contributed by atoms with Crippen molar-refractivity contribution in [3.63, 3.8) is 0 Å². The molecular weight excluding hydrogens is 192 g/mol. The van der Waals surface area contributed by atoms with E-state index in [0.717, 1.165) is 26.2 Å². The number of carbonyl (C=O) groups excluding carboxylic acids is 1. The lowest BCUT2D eigenvalue weighted by Gasteiger charge is -2.20. The van der Waals surface area contributed by atoms with Crippen LogP contribution in [0.25, 0.3) is 0 Å². The molecular formula is C11H22N2O2. The van der Waals surface area contributed by atoms with Gasteiger partial charge in [-0.3, -0.25) is 4.79 Å². The van der Waals surface area contributed by atoms with E-state index in [-0.39, 0.29) is 11.4 Å². The van der Waals surface area contributed by atoms with Crippen LogP contribution in [0.5, 0.6) is 0 Å². The first-order valence-corrected chi connectivity index (χ1v) is 5.57. The van der Waals surface area contributed by atoms with Crippen molar-refractivity contribution in [2.75, 3.05) is 26.3 Å². The minimum atomic E-state index is -0.144. The van der Waals surface area contributed by atoms with E-state index in [1.165, 1.54) is 0 Å². The Morgan fingerprint density at radius 3 is 2.73 bits per heavy atom. The molecule has 0 saturated carbocycles. The summed E-state index contributed by atoms with van der Waals surface area (Å²) in [6.45, 7) is 8.90. The summed E-state index contributed by atoms with van der Waals surface area (Å²) in [4.78, 5) is 11.4. The van der Waals surface area contributed by atoms with E-state index in [4.69, 9.17) is 4.74 Å². The maximum atomic E-state index is 11.4. The lowest BCUT2D eigenvalue weighted by molar-refractivity contribution is -0.121. The second-order valence-electron chi connectivity index (χ2n) is 5.16. The molecule has 0 aromatic heterocycles. The molecule has 2 N–H and O–H groups in total. The molecule has 4 heteroatoms. The Hall–Kier alpha value is -0.610. The third-order valence-electron chi connectivity index (χ3n) is 2.26. The van der Waals surface area contributed by atoms with Gasteiger partial charge in [-0.2, -0.15) is 0 Å². The lowest BCUT2D eigenvalue weighted by Crippen LogP contribution is -2.45. The summed E-state index contributed by atoms with van der Waals surface area (Å²) in [5.41, 5.74) is -0.144. The van der Waals surface area contributed by atoms with E-state index in [0.29, 0.717) is 12.5 Å². The quantitative estimate of drug-likeness (QED) is 0.717. The molecule has 0 bridgehead atoms. The first-order chi connectivity index (χ1) is 6.97. The molecule has 1 rings (SSSR count). The predicted molar refractivity (Wildman–Crippen MR) is 59.7 cm³/mol. The maximum Gasteiger partial charge on any atom is 0.234 e. The molecule has 1 amide bonds. The molecule has 1 saturated heterocycles. The molecule has 1 fully saturated rings. The summed E-state index contributed by atoms with van der Waals surface area (Å²) in [6, 6.07) is 0. The van der Waals surface area contributed by atoms with Crippen molar-refractivity contribution in [2.24, 2.45) is 5.92 Å². The highest BCUT2D eigenvalue weighted by atomic mass is 16.5. The Bertz CT molecular complexity index is 205. The number of amides is 1. The highest BCUT2D eigenvalue weighted by Gasteiger charge is 2.16. The number of carbonyl (C=O) groups is 1. The van der Waals surface area contributed by atoms with E-state index < -0.39 is 0 Å².